The molecular formula is C10H14N2O. The standard InChI is InChI=1S/C10H14N2O/c1-10(2,3)7-4-5-8-9(6-7)12-13-11-8/h6H,4-5H2,1-3H3. The van der Waals surface area contributed by atoms with Crippen molar-refractivity contribution < 1.29 is 4.63 Å². The third kappa shape index (κ3) is 1.50. The van der Waals surface area contributed by atoms with Crippen LogP contribution >= 0.6 is 0 Å². The van der Waals surface area contributed by atoms with Gasteiger partial charge < -0.3 is 0 Å². The molecule has 0 saturated carbocycles. The lowest BCUT2D eigenvalue weighted by Crippen LogP contribution is -2.13. The van der Waals surface area contributed by atoms with Crippen molar-refractivity contribution in [3.05, 3.63) is 17.0 Å². The monoisotopic (exact) mass is 178 g/mol. The molecule has 70 valence electrons. The van der Waals surface area contributed by atoms with E-state index in [1.54, 1.807) is 0 Å². The van der Waals surface area contributed by atoms with Crippen molar-refractivity contribution in [1.82, 2.24) is 10.3 Å². The summed E-state index contributed by atoms with van der Waals surface area (Å²) in [7, 11) is 0. The van der Waals surface area contributed by atoms with Crippen LogP contribution in [0.4, 0.5) is 0 Å². The summed E-state index contributed by atoms with van der Waals surface area (Å²) in [5, 5.41) is 7.70. The van der Waals surface area contributed by atoms with Gasteiger partial charge in [-0.15, -0.1) is 0 Å². The number of aromatic nitrogens is 2. The first-order valence-corrected chi connectivity index (χ1v) is 4.60. The van der Waals surface area contributed by atoms with E-state index in [9.17, 15) is 0 Å². The molecule has 13 heavy (non-hydrogen) atoms. The Kier molecular flexibility index (Phi) is 1.75. The van der Waals surface area contributed by atoms with Gasteiger partial charge in [-0.25, -0.2) is 4.63 Å². The summed E-state index contributed by atoms with van der Waals surface area (Å²) in [6.07, 6.45) is 4.14. The van der Waals surface area contributed by atoms with Gasteiger partial charge >= 0.3 is 0 Å². The molecule has 1 aliphatic carbocycles. The lowest BCUT2D eigenvalue weighted by atomic mass is 9.80. The highest BCUT2D eigenvalue weighted by Crippen LogP contribution is 2.33. The van der Waals surface area contributed by atoms with Gasteiger partial charge in [0.25, 0.3) is 0 Å². The smallest absolute Gasteiger partial charge is 0.131 e. The minimum atomic E-state index is 0.233. The first-order valence-electron chi connectivity index (χ1n) is 4.60. The molecule has 0 bridgehead atoms. The van der Waals surface area contributed by atoms with Crippen molar-refractivity contribution in [2.24, 2.45) is 5.41 Å². The largest absolute Gasteiger partial charge is 0.244 e. The predicted molar refractivity (Wildman–Crippen MR) is 50.1 cm³/mol. The maximum atomic E-state index is 4.68. The molecule has 2 rings (SSSR count). The summed E-state index contributed by atoms with van der Waals surface area (Å²) in [4.78, 5) is 0. The van der Waals surface area contributed by atoms with Crippen LogP contribution in [-0.4, -0.2) is 10.3 Å². The van der Waals surface area contributed by atoms with Crippen LogP contribution in [0.5, 0.6) is 0 Å². The number of nitrogens with zero attached hydrogens (tertiary/aromatic N) is 2. The Morgan fingerprint density at radius 1 is 1.23 bits per heavy atom. The molecular weight excluding hydrogens is 164 g/mol. The summed E-state index contributed by atoms with van der Waals surface area (Å²) in [5.41, 5.74) is 3.57. The van der Waals surface area contributed by atoms with Crippen LogP contribution in [0.1, 0.15) is 38.6 Å². The van der Waals surface area contributed by atoms with Gasteiger partial charge in [0, 0.05) is 0 Å². The zero-order valence-electron chi connectivity index (χ0n) is 8.29. The first-order chi connectivity index (χ1) is 6.07. The quantitative estimate of drug-likeness (QED) is 0.612. The van der Waals surface area contributed by atoms with Gasteiger partial charge in [0.05, 0.1) is 0 Å². The second-order valence-electron chi connectivity index (χ2n) is 4.52. The van der Waals surface area contributed by atoms with Crippen LogP contribution in [0, 0.1) is 5.41 Å². The van der Waals surface area contributed by atoms with Gasteiger partial charge in [0.15, 0.2) is 0 Å². The Morgan fingerprint density at radius 3 is 2.69 bits per heavy atom. The molecule has 0 aromatic carbocycles. The highest BCUT2D eigenvalue weighted by Gasteiger charge is 2.23. The van der Waals surface area contributed by atoms with E-state index in [0.29, 0.717) is 0 Å². The van der Waals surface area contributed by atoms with E-state index in [1.807, 2.05) is 0 Å². The molecule has 0 N–H and O–H groups in total. The Bertz CT molecular complexity index is 344. The van der Waals surface area contributed by atoms with E-state index in [1.165, 1.54) is 5.57 Å². The molecule has 0 fully saturated rings. The van der Waals surface area contributed by atoms with Crippen LogP contribution in [0.2, 0.25) is 0 Å². The fraction of sp³-hybridized carbons (Fsp3) is 0.600. The second-order valence-corrected chi connectivity index (χ2v) is 4.52. The fourth-order valence-electron chi connectivity index (χ4n) is 1.58. The average molecular weight is 178 g/mol. The summed E-state index contributed by atoms with van der Waals surface area (Å²) < 4.78 is 4.68. The predicted octanol–water partition coefficient (Wildman–Crippen LogP) is 2.45. The second kappa shape index (κ2) is 2.69. The molecule has 0 saturated heterocycles. The lowest BCUT2D eigenvalue weighted by Gasteiger charge is -2.24. The fourth-order valence-corrected chi connectivity index (χ4v) is 1.58. The van der Waals surface area contributed by atoms with E-state index in [0.717, 1.165) is 24.2 Å². The molecule has 0 aliphatic heterocycles. The minimum absolute atomic E-state index is 0.233. The third-order valence-electron chi connectivity index (χ3n) is 2.49. The van der Waals surface area contributed by atoms with Crippen molar-refractivity contribution in [2.45, 2.75) is 33.6 Å². The zero-order chi connectivity index (χ0) is 9.47. The molecule has 0 amide bonds. The zero-order valence-corrected chi connectivity index (χ0v) is 8.29. The summed E-state index contributed by atoms with van der Waals surface area (Å²) >= 11 is 0. The molecule has 1 heterocycles. The number of fused-ring (bicyclic) bond motifs is 1. The van der Waals surface area contributed by atoms with E-state index in [4.69, 9.17) is 0 Å². The van der Waals surface area contributed by atoms with Crippen molar-refractivity contribution in [1.29, 1.82) is 0 Å². The number of rotatable bonds is 0. The summed E-state index contributed by atoms with van der Waals surface area (Å²) in [6, 6.07) is 0. The Hall–Kier alpha value is -1.12. The van der Waals surface area contributed by atoms with Crippen molar-refractivity contribution >= 4 is 6.08 Å². The minimum Gasteiger partial charge on any atom is -0.244 e. The molecule has 3 nitrogen and oxygen atoms in total. The summed E-state index contributed by atoms with van der Waals surface area (Å²) in [6.45, 7) is 6.66. The van der Waals surface area contributed by atoms with Crippen molar-refractivity contribution in [3.63, 3.8) is 0 Å². The molecule has 3 heteroatoms. The molecule has 0 spiro atoms. The van der Waals surface area contributed by atoms with Crippen LogP contribution in [-0.2, 0) is 6.42 Å². The van der Waals surface area contributed by atoms with E-state index >= 15 is 0 Å². The lowest BCUT2D eigenvalue weighted by molar-refractivity contribution is 0.303. The van der Waals surface area contributed by atoms with Crippen LogP contribution in [0.25, 0.3) is 6.08 Å². The van der Waals surface area contributed by atoms with Crippen LogP contribution in [0.3, 0.4) is 0 Å². The van der Waals surface area contributed by atoms with Gasteiger partial charge in [-0.2, -0.15) is 0 Å². The molecule has 1 aromatic rings. The maximum absolute atomic E-state index is 4.68. The maximum Gasteiger partial charge on any atom is 0.131 e. The average Bonchev–Trinajstić information content (AvgIpc) is 2.47. The van der Waals surface area contributed by atoms with Gasteiger partial charge in [-0.05, 0) is 24.3 Å². The molecule has 1 aromatic heterocycles. The van der Waals surface area contributed by atoms with E-state index < -0.39 is 0 Å². The van der Waals surface area contributed by atoms with Crippen LogP contribution in [0.15, 0.2) is 10.2 Å². The normalized spacial score (nSPS) is 16.7. The Morgan fingerprint density at radius 2 is 2.00 bits per heavy atom. The van der Waals surface area contributed by atoms with Crippen molar-refractivity contribution in [3.8, 4) is 0 Å². The Balaban J connectivity index is 2.38. The van der Waals surface area contributed by atoms with Gasteiger partial charge in [0.2, 0.25) is 0 Å². The number of hydrogen-bond donors (Lipinski definition) is 0. The summed E-state index contributed by atoms with van der Waals surface area (Å²) in [5.74, 6) is 0. The first kappa shape index (κ1) is 8.48. The number of aryl methyl sites for hydroxylation is 1. The van der Waals surface area contributed by atoms with Gasteiger partial charge in [-0.3, -0.25) is 0 Å². The Labute approximate surface area is 77.8 Å². The van der Waals surface area contributed by atoms with Gasteiger partial charge in [-0.1, -0.05) is 36.7 Å². The molecule has 0 radical (unpaired) electrons. The van der Waals surface area contributed by atoms with Crippen LogP contribution < -0.4 is 0 Å². The topological polar surface area (TPSA) is 38.9 Å². The molecule has 0 atom stereocenters. The van der Waals surface area contributed by atoms with Gasteiger partial charge in [0.1, 0.15) is 11.4 Å². The highest BCUT2D eigenvalue weighted by atomic mass is 16.6. The molecule has 0 unspecified atom stereocenters. The SMILES string of the molecule is CC(C)(C)C1=Cc2nonc2CC1. The number of allylic oxidation sites excluding steroid dienone is 1. The highest BCUT2D eigenvalue weighted by molar-refractivity contribution is 5.54. The van der Waals surface area contributed by atoms with Crippen molar-refractivity contribution in [2.75, 3.05) is 0 Å². The number of hydrogen-bond acceptors (Lipinski definition) is 3. The molecule has 1 aliphatic rings. The third-order valence-corrected chi connectivity index (χ3v) is 2.49. The van der Waals surface area contributed by atoms with E-state index in [2.05, 4.69) is 41.8 Å². The van der Waals surface area contributed by atoms with E-state index in [-0.39, 0.29) is 5.41 Å².